The minimum atomic E-state index is 0.803. The molecule has 2 aliphatic rings. The summed E-state index contributed by atoms with van der Waals surface area (Å²) in [6.07, 6.45) is 6.90. The van der Waals surface area contributed by atoms with Crippen molar-refractivity contribution in [2.24, 2.45) is 5.92 Å². The third kappa shape index (κ3) is 4.80. The zero-order chi connectivity index (χ0) is 11.9. The Bertz CT molecular complexity index is 196. The lowest BCUT2D eigenvalue weighted by Crippen LogP contribution is -2.44. The fourth-order valence-electron chi connectivity index (χ4n) is 2.96. The van der Waals surface area contributed by atoms with Gasteiger partial charge in [-0.15, -0.1) is 0 Å². The fourth-order valence-corrected chi connectivity index (χ4v) is 4.16. The summed E-state index contributed by atoms with van der Waals surface area (Å²) >= 11 is 2.13. The van der Waals surface area contributed by atoms with Crippen molar-refractivity contribution in [2.75, 3.05) is 37.7 Å². The maximum Gasteiger partial charge on any atom is 0.00915 e. The highest BCUT2D eigenvalue weighted by Gasteiger charge is 2.20. The van der Waals surface area contributed by atoms with E-state index in [4.69, 9.17) is 0 Å². The molecule has 0 radical (unpaired) electrons. The lowest BCUT2D eigenvalue weighted by molar-refractivity contribution is 0.194. The van der Waals surface area contributed by atoms with Gasteiger partial charge in [-0.25, -0.2) is 0 Å². The molecule has 2 heterocycles. The summed E-state index contributed by atoms with van der Waals surface area (Å²) in [4.78, 5) is 2.62. The normalized spacial score (nSPS) is 25.2. The van der Waals surface area contributed by atoms with Crippen molar-refractivity contribution in [3.63, 3.8) is 0 Å². The molecule has 0 aromatic heterocycles. The molecule has 0 aromatic carbocycles. The van der Waals surface area contributed by atoms with Crippen LogP contribution in [0.3, 0.4) is 0 Å². The Hall–Kier alpha value is 0.270. The average molecular weight is 256 g/mol. The Morgan fingerprint density at radius 2 is 1.82 bits per heavy atom. The Labute approximate surface area is 111 Å². The van der Waals surface area contributed by atoms with Crippen LogP contribution in [0.15, 0.2) is 0 Å². The molecule has 0 aromatic rings. The molecule has 1 N–H and O–H groups in total. The van der Waals surface area contributed by atoms with Gasteiger partial charge in [0.15, 0.2) is 0 Å². The molecule has 0 unspecified atom stereocenters. The first-order valence-electron chi connectivity index (χ1n) is 7.42. The summed E-state index contributed by atoms with van der Waals surface area (Å²) < 4.78 is 0. The number of rotatable bonds is 5. The van der Waals surface area contributed by atoms with Crippen molar-refractivity contribution in [1.29, 1.82) is 0 Å². The van der Waals surface area contributed by atoms with Gasteiger partial charge in [-0.05, 0) is 75.7 Å². The zero-order valence-electron chi connectivity index (χ0n) is 11.3. The van der Waals surface area contributed by atoms with Crippen LogP contribution in [0.4, 0.5) is 0 Å². The molecule has 3 heteroatoms. The van der Waals surface area contributed by atoms with E-state index in [1.165, 1.54) is 69.8 Å². The van der Waals surface area contributed by atoms with Crippen LogP contribution in [0.25, 0.3) is 0 Å². The number of hydrogen-bond acceptors (Lipinski definition) is 3. The van der Waals surface area contributed by atoms with Crippen molar-refractivity contribution in [3.8, 4) is 0 Å². The smallest absolute Gasteiger partial charge is 0.00915 e. The van der Waals surface area contributed by atoms with Gasteiger partial charge in [0.25, 0.3) is 0 Å². The monoisotopic (exact) mass is 256 g/mol. The minimum Gasteiger partial charge on any atom is -0.314 e. The van der Waals surface area contributed by atoms with Gasteiger partial charge in [0, 0.05) is 6.04 Å². The third-order valence-electron chi connectivity index (χ3n) is 4.16. The molecule has 2 fully saturated rings. The van der Waals surface area contributed by atoms with Crippen molar-refractivity contribution >= 4 is 11.8 Å². The maximum atomic E-state index is 3.82. The van der Waals surface area contributed by atoms with Crippen molar-refractivity contribution in [3.05, 3.63) is 0 Å². The van der Waals surface area contributed by atoms with E-state index in [2.05, 4.69) is 28.9 Å². The minimum absolute atomic E-state index is 0.803. The number of hydrogen-bond donors (Lipinski definition) is 1. The molecular formula is C14H28N2S. The van der Waals surface area contributed by atoms with Gasteiger partial charge in [-0.3, -0.25) is 0 Å². The first-order chi connectivity index (χ1) is 8.38. The van der Waals surface area contributed by atoms with E-state index in [9.17, 15) is 0 Å². The summed E-state index contributed by atoms with van der Waals surface area (Å²) in [6.45, 7) is 7.48. The predicted octanol–water partition coefficient (Wildman–Crippen LogP) is 2.59. The van der Waals surface area contributed by atoms with Crippen LogP contribution in [0.2, 0.25) is 0 Å². The van der Waals surface area contributed by atoms with Crippen LogP contribution in [0, 0.1) is 5.92 Å². The molecule has 0 amide bonds. The summed E-state index contributed by atoms with van der Waals surface area (Å²) in [5.74, 6) is 3.74. The number of nitrogens with one attached hydrogen (secondary N) is 1. The Balaban J connectivity index is 1.57. The van der Waals surface area contributed by atoms with E-state index in [1.807, 2.05) is 0 Å². The van der Waals surface area contributed by atoms with Gasteiger partial charge in [0.2, 0.25) is 0 Å². The molecule has 2 aliphatic heterocycles. The lowest BCUT2D eigenvalue weighted by Gasteiger charge is -2.33. The summed E-state index contributed by atoms with van der Waals surface area (Å²) in [6, 6.07) is 0.803. The first-order valence-corrected chi connectivity index (χ1v) is 8.57. The Morgan fingerprint density at radius 1 is 1.12 bits per heavy atom. The topological polar surface area (TPSA) is 15.3 Å². The molecular weight excluding hydrogens is 228 g/mol. The fraction of sp³-hybridized carbons (Fsp3) is 1.00. The molecule has 2 nitrogen and oxygen atoms in total. The van der Waals surface area contributed by atoms with Crippen LogP contribution < -0.4 is 5.32 Å². The van der Waals surface area contributed by atoms with E-state index < -0.39 is 0 Å². The molecule has 2 rings (SSSR count). The third-order valence-corrected chi connectivity index (χ3v) is 5.21. The van der Waals surface area contributed by atoms with E-state index >= 15 is 0 Å². The Kier molecular flexibility index (Phi) is 6.16. The van der Waals surface area contributed by atoms with E-state index in [0.717, 1.165) is 12.0 Å². The SMILES string of the molecule is CCCN1CCC(NCC2CCSCC2)CC1. The van der Waals surface area contributed by atoms with Gasteiger partial charge in [-0.2, -0.15) is 11.8 Å². The predicted molar refractivity (Wildman–Crippen MR) is 77.8 cm³/mol. The largest absolute Gasteiger partial charge is 0.314 e. The Morgan fingerprint density at radius 3 is 2.47 bits per heavy atom. The molecule has 100 valence electrons. The molecule has 0 saturated carbocycles. The van der Waals surface area contributed by atoms with Crippen LogP contribution in [0.1, 0.15) is 39.0 Å². The van der Waals surface area contributed by atoms with Crippen LogP contribution >= 0.6 is 11.8 Å². The first kappa shape index (κ1) is 13.7. The quantitative estimate of drug-likeness (QED) is 0.814. The van der Waals surface area contributed by atoms with Crippen molar-refractivity contribution in [2.45, 2.75) is 45.1 Å². The van der Waals surface area contributed by atoms with Gasteiger partial charge in [-0.1, -0.05) is 6.92 Å². The van der Waals surface area contributed by atoms with Crippen LogP contribution in [-0.2, 0) is 0 Å². The highest BCUT2D eigenvalue weighted by molar-refractivity contribution is 7.99. The highest BCUT2D eigenvalue weighted by atomic mass is 32.2. The number of piperidine rings is 1. The summed E-state index contributed by atoms with van der Waals surface area (Å²) in [5, 5.41) is 3.82. The average Bonchev–Trinajstić information content (AvgIpc) is 2.40. The van der Waals surface area contributed by atoms with E-state index in [-0.39, 0.29) is 0 Å². The molecule has 2 saturated heterocycles. The van der Waals surface area contributed by atoms with Gasteiger partial charge < -0.3 is 10.2 Å². The molecule has 17 heavy (non-hydrogen) atoms. The summed E-state index contributed by atoms with van der Waals surface area (Å²) in [5.41, 5.74) is 0. The molecule has 0 spiro atoms. The lowest BCUT2D eigenvalue weighted by atomic mass is 10.00. The highest BCUT2D eigenvalue weighted by Crippen LogP contribution is 2.22. The van der Waals surface area contributed by atoms with E-state index in [1.54, 1.807) is 0 Å². The molecule has 0 bridgehead atoms. The standard InChI is InChI=1S/C14H28N2S/c1-2-7-16-8-3-14(4-9-16)15-12-13-5-10-17-11-6-13/h13-15H,2-12H2,1H3. The summed E-state index contributed by atoms with van der Waals surface area (Å²) in [7, 11) is 0. The second kappa shape index (κ2) is 7.65. The number of likely N-dealkylation sites (tertiary alicyclic amines) is 1. The van der Waals surface area contributed by atoms with Crippen molar-refractivity contribution in [1.82, 2.24) is 10.2 Å². The molecule has 0 atom stereocenters. The van der Waals surface area contributed by atoms with Gasteiger partial charge >= 0.3 is 0 Å². The zero-order valence-corrected chi connectivity index (χ0v) is 12.1. The van der Waals surface area contributed by atoms with Gasteiger partial charge in [0.05, 0.1) is 0 Å². The van der Waals surface area contributed by atoms with Crippen LogP contribution in [0.5, 0.6) is 0 Å². The van der Waals surface area contributed by atoms with Gasteiger partial charge in [0.1, 0.15) is 0 Å². The van der Waals surface area contributed by atoms with E-state index in [0.29, 0.717) is 0 Å². The van der Waals surface area contributed by atoms with Crippen LogP contribution in [-0.4, -0.2) is 48.6 Å². The maximum absolute atomic E-state index is 3.82. The number of nitrogens with zero attached hydrogens (tertiary/aromatic N) is 1. The second-order valence-corrected chi connectivity index (χ2v) is 6.80. The van der Waals surface area contributed by atoms with Crippen molar-refractivity contribution < 1.29 is 0 Å². The number of thioether (sulfide) groups is 1. The second-order valence-electron chi connectivity index (χ2n) is 5.58. The molecule has 0 aliphatic carbocycles.